The molecule has 0 aliphatic carbocycles. The number of hydrogen-bond acceptors (Lipinski definition) is 5. The van der Waals surface area contributed by atoms with Crippen molar-refractivity contribution in [3.8, 4) is 11.1 Å². The molecule has 3 N–H and O–H groups in total. The zero-order valence-corrected chi connectivity index (χ0v) is 18.0. The van der Waals surface area contributed by atoms with Crippen LogP contribution in [0.5, 0.6) is 0 Å². The smallest absolute Gasteiger partial charge is 0.327 e. The van der Waals surface area contributed by atoms with Crippen molar-refractivity contribution < 1.29 is 18.6 Å². The highest BCUT2D eigenvalue weighted by atomic mass is 32.2. The summed E-state index contributed by atoms with van der Waals surface area (Å²) in [6, 6.07) is 22.7. The molecule has 7 heteroatoms. The Kier molecular flexibility index (Phi) is 8.14. The Morgan fingerprint density at radius 1 is 1.03 bits per heavy atom. The molecule has 0 radical (unpaired) electrons. The molecule has 0 aromatic heterocycles. The number of hydrogen-bond donors (Lipinski definition) is 2. The highest BCUT2D eigenvalue weighted by Crippen LogP contribution is 2.32. The summed E-state index contributed by atoms with van der Waals surface area (Å²) in [7, 11) is -0.456. The van der Waals surface area contributed by atoms with Crippen molar-refractivity contribution in [2.75, 3.05) is 13.2 Å². The van der Waals surface area contributed by atoms with Gasteiger partial charge in [0.05, 0.1) is 18.8 Å². The lowest BCUT2D eigenvalue weighted by Crippen LogP contribution is -2.47. The summed E-state index contributed by atoms with van der Waals surface area (Å²) in [6.07, 6.45) is 1.09. The van der Waals surface area contributed by atoms with Gasteiger partial charge in [-0.1, -0.05) is 60.3 Å². The minimum absolute atomic E-state index is 0.00515. The van der Waals surface area contributed by atoms with Crippen LogP contribution >= 0.6 is 20.4 Å². The van der Waals surface area contributed by atoms with Crippen molar-refractivity contribution in [1.29, 1.82) is 0 Å². The first-order chi connectivity index (χ1) is 14.5. The lowest BCUT2D eigenvalue weighted by Gasteiger charge is -2.25. The van der Waals surface area contributed by atoms with Crippen LogP contribution in [0, 0.1) is 5.82 Å². The quantitative estimate of drug-likeness (QED) is 0.406. The third-order valence-corrected chi connectivity index (χ3v) is 6.05. The number of aliphatic hydroxyl groups excluding tert-OH is 1. The maximum absolute atomic E-state index is 14.7. The van der Waals surface area contributed by atoms with Crippen LogP contribution in [-0.4, -0.2) is 23.9 Å². The molecule has 3 rings (SSSR count). The Bertz CT molecular complexity index is 972. The van der Waals surface area contributed by atoms with E-state index in [2.05, 4.69) is 0 Å². The van der Waals surface area contributed by atoms with Crippen LogP contribution < -0.4 is 5.73 Å². The van der Waals surface area contributed by atoms with Crippen molar-refractivity contribution in [2.45, 2.75) is 28.2 Å². The molecule has 0 saturated carbocycles. The van der Waals surface area contributed by atoms with Gasteiger partial charge in [0.25, 0.3) is 0 Å². The van der Waals surface area contributed by atoms with Gasteiger partial charge in [0, 0.05) is 15.4 Å². The van der Waals surface area contributed by atoms with E-state index in [0.29, 0.717) is 18.4 Å². The van der Waals surface area contributed by atoms with E-state index >= 15 is 0 Å². The Labute approximate surface area is 181 Å². The summed E-state index contributed by atoms with van der Waals surface area (Å²) in [5.41, 5.74) is 7.47. The molecule has 0 aliphatic heterocycles. The minimum atomic E-state index is -0.950. The summed E-state index contributed by atoms with van der Waals surface area (Å²) in [5.74, 6) is -0.265. The first-order valence-corrected chi connectivity index (χ1v) is 11.0. The SMILES string of the molecule is NC(CO)(CCc1ccc(-c2ccc(Sc3ccccc3)cc2F)cc1)COP=O. The van der Waals surface area contributed by atoms with Crippen molar-refractivity contribution in [2.24, 2.45) is 5.73 Å². The van der Waals surface area contributed by atoms with Crippen LogP contribution in [0.3, 0.4) is 0 Å². The van der Waals surface area contributed by atoms with Gasteiger partial charge in [-0.3, -0.25) is 4.52 Å². The van der Waals surface area contributed by atoms with Gasteiger partial charge in [-0.2, -0.15) is 0 Å². The van der Waals surface area contributed by atoms with Crippen molar-refractivity contribution >= 4 is 20.4 Å². The largest absolute Gasteiger partial charge is 0.394 e. The average molecular weight is 443 g/mol. The van der Waals surface area contributed by atoms with E-state index < -0.39 is 14.2 Å². The molecule has 4 nitrogen and oxygen atoms in total. The number of aliphatic hydroxyl groups is 1. The fraction of sp³-hybridized carbons (Fsp3) is 0.217. The van der Waals surface area contributed by atoms with Crippen LogP contribution in [0.1, 0.15) is 12.0 Å². The second kappa shape index (κ2) is 10.8. The molecule has 1 unspecified atom stereocenters. The average Bonchev–Trinajstić information content (AvgIpc) is 2.78. The van der Waals surface area contributed by atoms with E-state index in [1.165, 1.54) is 11.8 Å². The van der Waals surface area contributed by atoms with E-state index in [4.69, 9.17) is 10.3 Å². The van der Waals surface area contributed by atoms with Crippen LogP contribution in [0.25, 0.3) is 11.1 Å². The number of rotatable bonds is 10. The van der Waals surface area contributed by atoms with Gasteiger partial charge in [0.1, 0.15) is 5.82 Å². The molecule has 0 heterocycles. The molecule has 0 aliphatic rings. The lowest BCUT2D eigenvalue weighted by atomic mass is 9.93. The maximum Gasteiger partial charge on any atom is 0.327 e. The predicted molar refractivity (Wildman–Crippen MR) is 118 cm³/mol. The van der Waals surface area contributed by atoms with Crippen LogP contribution in [0.4, 0.5) is 4.39 Å². The van der Waals surface area contributed by atoms with Gasteiger partial charge in [0.15, 0.2) is 0 Å². The predicted octanol–water partition coefficient (Wildman–Crippen LogP) is 5.49. The summed E-state index contributed by atoms with van der Waals surface area (Å²) in [6.45, 7) is -0.260. The van der Waals surface area contributed by atoms with E-state index in [9.17, 15) is 14.1 Å². The molecule has 0 bridgehead atoms. The zero-order valence-electron chi connectivity index (χ0n) is 16.3. The van der Waals surface area contributed by atoms with Gasteiger partial charge >= 0.3 is 8.69 Å². The monoisotopic (exact) mass is 443 g/mol. The summed E-state index contributed by atoms with van der Waals surface area (Å²) < 4.78 is 30.0. The van der Waals surface area contributed by atoms with E-state index in [-0.39, 0.29) is 19.0 Å². The fourth-order valence-electron chi connectivity index (χ4n) is 3.01. The maximum atomic E-state index is 14.7. The van der Waals surface area contributed by atoms with Crippen molar-refractivity contribution in [3.63, 3.8) is 0 Å². The highest BCUT2D eigenvalue weighted by Gasteiger charge is 2.24. The van der Waals surface area contributed by atoms with Crippen molar-refractivity contribution in [1.82, 2.24) is 0 Å². The molecule has 3 aromatic rings. The lowest BCUT2D eigenvalue weighted by molar-refractivity contribution is 0.133. The zero-order chi connectivity index (χ0) is 21.4. The molecule has 0 amide bonds. The molecule has 3 aromatic carbocycles. The minimum Gasteiger partial charge on any atom is -0.394 e. The van der Waals surface area contributed by atoms with E-state index in [1.54, 1.807) is 12.1 Å². The summed E-state index contributed by atoms with van der Waals surface area (Å²) in [5, 5.41) is 9.48. The van der Waals surface area contributed by atoms with Crippen molar-refractivity contribution in [3.05, 3.63) is 84.2 Å². The summed E-state index contributed by atoms with van der Waals surface area (Å²) >= 11 is 1.52. The molecular weight excluding hydrogens is 420 g/mol. The molecule has 30 heavy (non-hydrogen) atoms. The van der Waals surface area contributed by atoms with Gasteiger partial charge in [0.2, 0.25) is 0 Å². The van der Waals surface area contributed by atoms with Gasteiger partial charge in [-0.05, 0) is 48.2 Å². The topological polar surface area (TPSA) is 72.6 Å². The van der Waals surface area contributed by atoms with Gasteiger partial charge < -0.3 is 10.8 Å². The standard InChI is InChI=1S/C23H23FNO3PS/c24-22-14-20(30-19-4-2-1-3-5-19)10-11-21(22)18-8-6-17(7-9-18)12-13-23(25,15-26)16-28-29-27/h1-11,14,26H,12-13,15-16,25H2. The van der Waals surface area contributed by atoms with E-state index in [0.717, 1.165) is 20.9 Å². The first-order valence-electron chi connectivity index (χ1n) is 9.49. The highest BCUT2D eigenvalue weighted by molar-refractivity contribution is 7.99. The number of benzene rings is 3. The molecule has 0 spiro atoms. The Balaban J connectivity index is 1.66. The van der Waals surface area contributed by atoms with Crippen LogP contribution in [0.15, 0.2) is 82.6 Å². The number of aryl methyl sites for hydroxylation is 1. The van der Waals surface area contributed by atoms with Crippen LogP contribution in [-0.2, 0) is 15.5 Å². The number of nitrogens with two attached hydrogens (primary N) is 1. The van der Waals surface area contributed by atoms with E-state index in [1.807, 2.05) is 60.7 Å². The second-order valence-electron chi connectivity index (χ2n) is 7.12. The fourth-order valence-corrected chi connectivity index (χ4v) is 4.19. The molecular formula is C23H23FNO3PS. The molecule has 0 saturated heterocycles. The Morgan fingerprint density at radius 3 is 2.40 bits per heavy atom. The third-order valence-electron chi connectivity index (χ3n) is 4.82. The Morgan fingerprint density at radius 2 is 1.77 bits per heavy atom. The van der Waals surface area contributed by atoms with Crippen LogP contribution in [0.2, 0.25) is 0 Å². The third kappa shape index (κ3) is 6.21. The van der Waals surface area contributed by atoms with Gasteiger partial charge in [-0.15, -0.1) is 0 Å². The summed E-state index contributed by atoms with van der Waals surface area (Å²) in [4.78, 5) is 1.91. The second-order valence-corrected chi connectivity index (χ2v) is 8.68. The number of halogens is 1. The molecule has 156 valence electrons. The normalized spacial score (nSPS) is 13.3. The Hall–Kier alpha value is -2.08. The first kappa shape index (κ1) is 22.6. The van der Waals surface area contributed by atoms with Gasteiger partial charge in [-0.25, -0.2) is 8.96 Å². The molecule has 0 fully saturated rings. The molecule has 1 atom stereocenters.